The summed E-state index contributed by atoms with van der Waals surface area (Å²) in [5, 5.41) is 7.10. The van der Waals surface area contributed by atoms with E-state index < -0.39 is 0 Å². The van der Waals surface area contributed by atoms with E-state index in [9.17, 15) is 0 Å². The molecule has 9 aromatic carbocycles. The van der Waals surface area contributed by atoms with Crippen molar-refractivity contribution in [3.63, 3.8) is 0 Å². The molecule has 3 aromatic heterocycles. The van der Waals surface area contributed by atoms with Crippen molar-refractivity contribution in [2.75, 3.05) is 0 Å². The van der Waals surface area contributed by atoms with E-state index >= 15 is 0 Å². The van der Waals surface area contributed by atoms with Crippen LogP contribution >= 0.6 is 0 Å². The summed E-state index contributed by atoms with van der Waals surface area (Å²) in [7, 11) is 0. The lowest BCUT2D eigenvalue weighted by Crippen LogP contribution is -2.28. The molecule has 0 unspecified atom stereocenters. The molecule has 69 heavy (non-hydrogen) atoms. The van der Waals surface area contributed by atoms with Gasteiger partial charge in [0.15, 0.2) is 0 Å². The average Bonchev–Trinajstić information content (AvgIpc) is 4.06. The second-order valence-electron chi connectivity index (χ2n) is 19.8. The molecule has 0 saturated carbocycles. The molecular formula is C65H56N2O2. The lowest BCUT2D eigenvalue weighted by molar-refractivity contribution is 0.107. The molecule has 0 aliphatic carbocycles. The molecule has 0 bridgehead atoms. The molecule has 0 fully saturated rings. The molecule has 3 heterocycles. The number of furan rings is 1. The van der Waals surface area contributed by atoms with E-state index in [4.69, 9.17) is 9.15 Å². The SMILES string of the molecule is CCC(C)(C)Oc1c(-c2ccccc2)cc(C(C)(CC)CC)cc1-c1ccc2oc3ccc(-c4cc(-n5c6ccccc6c6ccccc65)cc(-n5c6ccccc6c6ccccc65)c4)cc3c2c1. The van der Waals surface area contributed by atoms with Crippen LogP contribution in [0.5, 0.6) is 5.75 Å². The van der Waals surface area contributed by atoms with E-state index in [0.29, 0.717) is 0 Å². The molecule has 0 radical (unpaired) electrons. The van der Waals surface area contributed by atoms with Gasteiger partial charge in [-0.25, -0.2) is 0 Å². The summed E-state index contributed by atoms with van der Waals surface area (Å²) >= 11 is 0. The lowest BCUT2D eigenvalue weighted by Gasteiger charge is -2.32. The fraction of sp³-hybridized carbons (Fsp3) is 0.169. The van der Waals surface area contributed by atoms with Crippen LogP contribution in [0, 0.1) is 0 Å². The van der Waals surface area contributed by atoms with Crippen LogP contribution in [-0.4, -0.2) is 14.7 Å². The number of nitrogens with zero attached hydrogens (tertiary/aromatic N) is 2. The molecule has 0 aliphatic heterocycles. The predicted molar refractivity (Wildman–Crippen MR) is 292 cm³/mol. The van der Waals surface area contributed by atoms with Crippen molar-refractivity contribution in [3.05, 3.63) is 200 Å². The third-order valence-electron chi connectivity index (χ3n) is 15.4. The standard InChI is InChI=1S/C65H56N2O2/c1-7-64(4,5)69-63-53(42-21-11-10-12-22-42)39-46(65(6,8-2)9-3)40-54(63)44-32-34-62-56(38-44)55-37-43(31-33-61(55)68-62)45-35-47(66-57-27-17-13-23-49(57)50-24-14-18-28-58(50)66)41-48(36-45)67-59-29-19-15-25-51(59)52-26-16-20-30-60(52)67/h10-41H,7-9H2,1-6H3. The van der Waals surface area contributed by atoms with Crippen molar-refractivity contribution >= 4 is 65.6 Å². The topological polar surface area (TPSA) is 32.2 Å². The molecule has 12 aromatic rings. The Morgan fingerprint density at radius 3 is 1.30 bits per heavy atom. The molecule has 12 rings (SSSR count). The Kier molecular flexibility index (Phi) is 10.1. The number of hydrogen-bond acceptors (Lipinski definition) is 2. The molecule has 0 amide bonds. The number of aromatic nitrogens is 2. The van der Waals surface area contributed by atoms with E-state index in [1.54, 1.807) is 0 Å². The predicted octanol–water partition coefficient (Wildman–Crippen LogP) is 18.4. The highest BCUT2D eigenvalue weighted by Gasteiger charge is 2.29. The fourth-order valence-corrected chi connectivity index (χ4v) is 10.7. The van der Waals surface area contributed by atoms with Crippen LogP contribution in [0.15, 0.2) is 199 Å². The molecule has 4 nitrogen and oxygen atoms in total. The summed E-state index contributed by atoms with van der Waals surface area (Å²) in [6.45, 7) is 13.6. The first kappa shape index (κ1) is 42.5. The molecule has 0 N–H and O–H groups in total. The fourth-order valence-electron chi connectivity index (χ4n) is 10.7. The smallest absolute Gasteiger partial charge is 0.135 e. The average molecular weight is 897 g/mol. The number of hydrogen-bond donors (Lipinski definition) is 0. The Morgan fingerprint density at radius 1 is 0.391 bits per heavy atom. The number of fused-ring (bicyclic) bond motifs is 9. The van der Waals surface area contributed by atoms with E-state index in [1.807, 2.05) is 0 Å². The van der Waals surface area contributed by atoms with Gasteiger partial charge in [0, 0.05) is 54.8 Å². The maximum absolute atomic E-state index is 7.18. The highest BCUT2D eigenvalue weighted by molar-refractivity contribution is 6.11. The Hall–Kier alpha value is -7.82. The van der Waals surface area contributed by atoms with Crippen molar-refractivity contribution in [2.24, 2.45) is 0 Å². The Bertz CT molecular complexity index is 3690. The normalized spacial score (nSPS) is 12.4. The van der Waals surface area contributed by atoms with Gasteiger partial charge in [-0.1, -0.05) is 143 Å². The maximum Gasteiger partial charge on any atom is 0.135 e. The van der Waals surface area contributed by atoms with E-state index in [0.717, 1.165) is 91.7 Å². The summed E-state index contributed by atoms with van der Waals surface area (Å²) < 4.78 is 18.7. The van der Waals surface area contributed by atoms with Crippen molar-refractivity contribution in [1.29, 1.82) is 0 Å². The summed E-state index contributed by atoms with van der Waals surface area (Å²) in [6, 6.07) is 71.1. The second-order valence-corrected chi connectivity index (χ2v) is 19.8. The van der Waals surface area contributed by atoms with Gasteiger partial charge in [-0.15, -0.1) is 0 Å². The monoisotopic (exact) mass is 896 g/mol. The molecule has 0 saturated heterocycles. The lowest BCUT2D eigenvalue weighted by atomic mass is 9.75. The first-order valence-corrected chi connectivity index (χ1v) is 24.7. The zero-order valence-corrected chi connectivity index (χ0v) is 40.3. The van der Waals surface area contributed by atoms with Gasteiger partial charge in [0.05, 0.1) is 22.1 Å². The molecular weight excluding hydrogens is 841 g/mol. The van der Waals surface area contributed by atoms with E-state index in [1.165, 1.54) is 49.2 Å². The van der Waals surface area contributed by atoms with Gasteiger partial charge >= 0.3 is 0 Å². The zero-order valence-electron chi connectivity index (χ0n) is 40.3. The van der Waals surface area contributed by atoms with Crippen molar-refractivity contribution in [2.45, 2.75) is 71.8 Å². The molecule has 338 valence electrons. The molecule has 0 aliphatic rings. The third kappa shape index (κ3) is 7.03. The minimum Gasteiger partial charge on any atom is -0.487 e. The Morgan fingerprint density at radius 2 is 0.826 bits per heavy atom. The number of para-hydroxylation sites is 4. The second kappa shape index (κ2) is 16.5. The summed E-state index contributed by atoms with van der Waals surface area (Å²) in [4.78, 5) is 0. The largest absolute Gasteiger partial charge is 0.487 e. The number of benzene rings is 9. The summed E-state index contributed by atoms with van der Waals surface area (Å²) in [6.07, 6.45) is 2.93. The van der Waals surface area contributed by atoms with Gasteiger partial charge in [-0.05, 0) is 145 Å². The Labute approximate surface area is 404 Å². The zero-order chi connectivity index (χ0) is 47.0. The third-order valence-corrected chi connectivity index (χ3v) is 15.4. The van der Waals surface area contributed by atoms with E-state index in [-0.39, 0.29) is 11.0 Å². The summed E-state index contributed by atoms with van der Waals surface area (Å²) in [5.74, 6) is 0.915. The summed E-state index contributed by atoms with van der Waals surface area (Å²) in [5.41, 5.74) is 16.3. The molecule has 0 spiro atoms. The molecule has 0 atom stereocenters. The maximum atomic E-state index is 7.18. The van der Waals surface area contributed by atoms with Crippen LogP contribution in [0.3, 0.4) is 0 Å². The number of ether oxygens (including phenoxy) is 1. The van der Waals surface area contributed by atoms with Crippen LogP contribution in [0.25, 0.3) is 110 Å². The number of rotatable bonds is 11. The van der Waals surface area contributed by atoms with Gasteiger partial charge < -0.3 is 18.3 Å². The van der Waals surface area contributed by atoms with Crippen molar-refractivity contribution in [1.82, 2.24) is 9.13 Å². The van der Waals surface area contributed by atoms with Crippen LogP contribution < -0.4 is 4.74 Å². The Balaban J connectivity index is 1.10. The van der Waals surface area contributed by atoms with Gasteiger partial charge in [-0.2, -0.15) is 0 Å². The van der Waals surface area contributed by atoms with Crippen LogP contribution in [0.2, 0.25) is 0 Å². The van der Waals surface area contributed by atoms with Crippen LogP contribution in [0.1, 0.15) is 66.4 Å². The van der Waals surface area contributed by atoms with Gasteiger partial charge in [0.2, 0.25) is 0 Å². The van der Waals surface area contributed by atoms with E-state index in [2.05, 4.69) is 245 Å². The van der Waals surface area contributed by atoms with Gasteiger partial charge in [0.25, 0.3) is 0 Å². The minimum atomic E-state index is -0.383. The van der Waals surface area contributed by atoms with Crippen LogP contribution in [0.4, 0.5) is 0 Å². The van der Waals surface area contributed by atoms with Crippen molar-refractivity contribution in [3.8, 4) is 50.5 Å². The highest BCUT2D eigenvalue weighted by atomic mass is 16.5. The molecule has 4 heteroatoms. The first-order valence-electron chi connectivity index (χ1n) is 24.7. The highest BCUT2D eigenvalue weighted by Crippen LogP contribution is 2.47. The van der Waals surface area contributed by atoms with Gasteiger partial charge in [-0.3, -0.25) is 0 Å². The minimum absolute atomic E-state index is 0.00965. The van der Waals surface area contributed by atoms with Crippen LogP contribution in [-0.2, 0) is 5.41 Å². The first-order chi connectivity index (χ1) is 33.6. The van der Waals surface area contributed by atoms with Gasteiger partial charge in [0.1, 0.15) is 22.5 Å². The van der Waals surface area contributed by atoms with Crippen molar-refractivity contribution < 1.29 is 9.15 Å². The quantitative estimate of drug-likeness (QED) is 0.130.